The Morgan fingerprint density at radius 3 is 2.23 bits per heavy atom. The van der Waals surface area contributed by atoms with Crippen molar-refractivity contribution in [3.05, 3.63) is 66.2 Å². The van der Waals surface area contributed by atoms with Crippen molar-refractivity contribution in [3.63, 3.8) is 0 Å². The summed E-state index contributed by atoms with van der Waals surface area (Å²) in [7, 11) is -1.47. The number of benzene rings is 3. The van der Waals surface area contributed by atoms with E-state index in [4.69, 9.17) is 0 Å². The van der Waals surface area contributed by atoms with E-state index in [9.17, 15) is 10.0 Å². The molecule has 0 aromatic heterocycles. The van der Waals surface area contributed by atoms with Crippen LogP contribution in [0.3, 0.4) is 0 Å². The highest BCUT2D eigenvalue weighted by Crippen LogP contribution is 2.34. The maximum Gasteiger partial charge on any atom is 0.488 e. The van der Waals surface area contributed by atoms with Crippen molar-refractivity contribution in [2.24, 2.45) is 0 Å². The van der Waals surface area contributed by atoms with Gasteiger partial charge in [-0.15, -0.1) is 0 Å². The number of rotatable bonds is 3. The minimum atomic E-state index is -1.47. The van der Waals surface area contributed by atoms with Gasteiger partial charge in [0.25, 0.3) is 0 Å². The van der Waals surface area contributed by atoms with Crippen LogP contribution in [0.15, 0.2) is 55.1 Å². The van der Waals surface area contributed by atoms with Crippen LogP contribution in [0, 0.1) is 0 Å². The van der Waals surface area contributed by atoms with Crippen LogP contribution in [0.25, 0.3) is 33.7 Å². The SMILES string of the molecule is C=Cc1c(/C=C\C)c2ccc(B(O)O)cc2c2ccccc12. The fraction of sp³-hybridized carbons (Fsp3) is 0.0526. The molecule has 108 valence electrons. The fourth-order valence-corrected chi connectivity index (χ4v) is 2.99. The van der Waals surface area contributed by atoms with Crippen molar-refractivity contribution in [1.82, 2.24) is 0 Å². The highest BCUT2D eigenvalue weighted by atomic mass is 16.4. The molecule has 0 bridgehead atoms. The third-order valence-electron chi connectivity index (χ3n) is 3.97. The van der Waals surface area contributed by atoms with E-state index < -0.39 is 7.12 Å². The van der Waals surface area contributed by atoms with E-state index in [2.05, 4.69) is 24.8 Å². The van der Waals surface area contributed by atoms with Gasteiger partial charge in [0, 0.05) is 0 Å². The summed E-state index contributed by atoms with van der Waals surface area (Å²) < 4.78 is 0. The van der Waals surface area contributed by atoms with Gasteiger partial charge in [-0.25, -0.2) is 0 Å². The van der Waals surface area contributed by atoms with Crippen LogP contribution in [0.1, 0.15) is 18.1 Å². The van der Waals surface area contributed by atoms with Gasteiger partial charge in [0.1, 0.15) is 0 Å². The predicted molar refractivity (Wildman–Crippen MR) is 96.1 cm³/mol. The molecule has 3 aromatic carbocycles. The molecule has 0 amide bonds. The minimum Gasteiger partial charge on any atom is -0.423 e. The van der Waals surface area contributed by atoms with Gasteiger partial charge >= 0.3 is 7.12 Å². The van der Waals surface area contributed by atoms with Crippen LogP contribution in [0.5, 0.6) is 0 Å². The lowest BCUT2D eigenvalue weighted by Gasteiger charge is -2.14. The van der Waals surface area contributed by atoms with Crippen molar-refractivity contribution in [2.45, 2.75) is 6.92 Å². The van der Waals surface area contributed by atoms with Gasteiger partial charge in [-0.2, -0.15) is 0 Å². The molecule has 0 aliphatic carbocycles. The van der Waals surface area contributed by atoms with Crippen LogP contribution in [-0.4, -0.2) is 17.2 Å². The third kappa shape index (κ3) is 2.25. The summed E-state index contributed by atoms with van der Waals surface area (Å²) in [5.74, 6) is 0. The van der Waals surface area contributed by atoms with Crippen LogP contribution in [0.2, 0.25) is 0 Å². The Morgan fingerprint density at radius 2 is 1.59 bits per heavy atom. The molecule has 0 radical (unpaired) electrons. The molecular formula is C19H17BO2. The molecule has 2 N–H and O–H groups in total. The molecule has 0 aliphatic heterocycles. The second-order valence-corrected chi connectivity index (χ2v) is 5.26. The average Bonchev–Trinajstić information content (AvgIpc) is 2.54. The first-order valence-electron chi connectivity index (χ1n) is 7.27. The van der Waals surface area contributed by atoms with E-state index >= 15 is 0 Å². The second kappa shape index (κ2) is 5.80. The van der Waals surface area contributed by atoms with Crippen LogP contribution >= 0.6 is 0 Å². The Balaban J connectivity index is 2.56. The van der Waals surface area contributed by atoms with Gasteiger partial charge in [-0.05, 0) is 45.1 Å². The first-order chi connectivity index (χ1) is 10.7. The standard InChI is InChI=1S/C19H17BO2/c1-3-7-15-14(4-2)16-8-5-6-9-17(16)19-12-13(20(21)22)10-11-18(15)19/h3-12,21-22H,2H2,1H3/b7-3-. The maximum absolute atomic E-state index is 9.45. The molecule has 3 aromatic rings. The summed E-state index contributed by atoms with van der Waals surface area (Å²) >= 11 is 0. The topological polar surface area (TPSA) is 40.5 Å². The van der Waals surface area contributed by atoms with E-state index in [0.29, 0.717) is 5.46 Å². The number of hydrogen-bond acceptors (Lipinski definition) is 2. The van der Waals surface area contributed by atoms with E-state index in [-0.39, 0.29) is 0 Å². The number of hydrogen-bond donors (Lipinski definition) is 2. The smallest absolute Gasteiger partial charge is 0.423 e. The zero-order valence-electron chi connectivity index (χ0n) is 12.5. The van der Waals surface area contributed by atoms with Gasteiger partial charge in [-0.1, -0.05) is 67.3 Å². The lowest BCUT2D eigenvalue weighted by atomic mass is 9.78. The Kier molecular flexibility index (Phi) is 3.84. The third-order valence-corrected chi connectivity index (χ3v) is 3.97. The molecule has 3 rings (SSSR count). The van der Waals surface area contributed by atoms with Crippen molar-refractivity contribution in [3.8, 4) is 0 Å². The van der Waals surface area contributed by atoms with E-state index in [1.807, 2.05) is 43.3 Å². The molecular weight excluding hydrogens is 271 g/mol. The molecule has 0 atom stereocenters. The fourth-order valence-electron chi connectivity index (χ4n) is 2.99. The quantitative estimate of drug-likeness (QED) is 0.573. The van der Waals surface area contributed by atoms with Crippen molar-refractivity contribution < 1.29 is 10.0 Å². The second-order valence-electron chi connectivity index (χ2n) is 5.26. The van der Waals surface area contributed by atoms with Crippen molar-refractivity contribution >= 4 is 46.3 Å². The molecule has 0 unspecified atom stereocenters. The monoisotopic (exact) mass is 288 g/mol. The molecule has 3 heteroatoms. The summed E-state index contributed by atoms with van der Waals surface area (Å²) in [6.07, 6.45) is 5.96. The Hall–Kier alpha value is -2.36. The van der Waals surface area contributed by atoms with Crippen LogP contribution in [-0.2, 0) is 0 Å². The molecule has 0 fully saturated rings. The van der Waals surface area contributed by atoms with Gasteiger partial charge in [0.05, 0.1) is 0 Å². The highest BCUT2D eigenvalue weighted by Gasteiger charge is 2.15. The molecule has 0 aliphatic rings. The lowest BCUT2D eigenvalue weighted by Crippen LogP contribution is -2.29. The van der Waals surface area contributed by atoms with E-state index in [1.54, 1.807) is 6.07 Å². The zero-order valence-corrected chi connectivity index (χ0v) is 12.5. The van der Waals surface area contributed by atoms with E-state index in [1.165, 1.54) is 0 Å². The number of allylic oxidation sites excluding steroid dienone is 1. The lowest BCUT2D eigenvalue weighted by molar-refractivity contribution is 0.426. The van der Waals surface area contributed by atoms with Gasteiger partial charge in [0.2, 0.25) is 0 Å². The molecule has 0 spiro atoms. The maximum atomic E-state index is 9.45. The minimum absolute atomic E-state index is 0.496. The normalized spacial score (nSPS) is 11.4. The van der Waals surface area contributed by atoms with Crippen LogP contribution < -0.4 is 5.46 Å². The predicted octanol–water partition coefficient (Wildman–Crippen LogP) is 3.35. The van der Waals surface area contributed by atoms with Crippen LogP contribution in [0.4, 0.5) is 0 Å². The van der Waals surface area contributed by atoms with Crippen molar-refractivity contribution in [1.29, 1.82) is 0 Å². The summed E-state index contributed by atoms with van der Waals surface area (Å²) in [5.41, 5.74) is 2.69. The summed E-state index contributed by atoms with van der Waals surface area (Å²) in [5, 5.41) is 23.2. The first-order valence-corrected chi connectivity index (χ1v) is 7.27. The Labute approximate surface area is 130 Å². The van der Waals surface area contributed by atoms with Crippen molar-refractivity contribution in [2.75, 3.05) is 0 Å². The highest BCUT2D eigenvalue weighted by molar-refractivity contribution is 6.59. The molecule has 0 heterocycles. The van der Waals surface area contributed by atoms with Gasteiger partial charge in [-0.3, -0.25) is 0 Å². The first kappa shape index (κ1) is 14.6. The average molecular weight is 288 g/mol. The molecule has 22 heavy (non-hydrogen) atoms. The Bertz CT molecular complexity index is 895. The molecule has 2 nitrogen and oxygen atoms in total. The summed E-state index contributed by atoms with van der Waals surface area (Å²) in [6.45, 7) is 5.95. The molecule has 0 saturated heterocycles. The summed E-state index contributed by atoms with van der Waals surface area (Å²) in [6, 6.07) is 13.7. The summed E-state index contributed by atoms with van der Waals surface area (Å²) in [4.78, 5) is 0. The Morgan fingerprint density at radius 1 is 0.909 bits per heavy atom. The largest absolute Gasteiger partial charge is 0.488 e. The number of fused-ring (bicyclic) bond motifs is 3. The van der Waals surface area contributed by atoms with Gasteiger partial charge < -0.3 is 10.0 Å². The van der Waals surface area contributed by atoms with E-state index in [0.717, 1.165) is 32.7 Å². The zero-order chi connectivity index (χ0) is 15.7. The van der Waals surface area contributed by atoms with Gasteiger partial charge in [0.15, 0.2) is 0 Å². The molecule has 0 saturated carbocycles.